The molecule has 0 aliphatic heterocycles. The quantitative estimate of drug-likeness (QED) is 0.402. The van der Waals surface area contributed by atoms with Crippen LogP contribution in [-0.2, 0) is 4.79 Å². The van der Waals surface area contributed by atoms with Crippen LogP contribution in [0.4, 0.5) is 0 Å². The van der Waals surface area contributed by atoms with Crippen molar-refractivity contribution < 1.29 is 9.90 Å². The highest BCUT2D eigenvalue weighted by atomic mass is 16.3. The van der Waals surface area contributed by atoms with Crippen molar-refractivity contribution in [1.82, 2.24) is 5.32 Å². The molecule has 11 heavy (non-hydrogen) atoms. The van der Waals surface area contributed by atoms with Crippen LogP contribution in [-0.4, -0.2) is 16.7 Å². The van der Waals surface area contributed by atoms with Crippen LogP contribution in [0, 0.1) is 22.7 Å². The number of nitrogens with one attached hydrogen (secondary N) is 1. The van der Waals surface area contributed by atoms with Crippen molar-refractivity contribution in [3.63, 3.8) is 0 Å². The molecule has 0 aromatic rings. The van der Waals surface area contributed by atoms with Gasteiger partial charge in [0, 0.05) is 6.92 Å². The molecule has 0 aromatic heterocycles. The van der Waals surface area contributed by atoms with Gasteiger partial charge >= 0.3 is 0 Å². The second kappa shape index (κ2) is 3.55. The van der Waals surface area contributed by atoms with Crippen LogP contribution >= 0.6 is 0 Å². The Morgan fingerprint density at radius 1 is 1.73 bits per heavy atom. The molecule has 0 radical (unpaired) electrons. The van der Waals surface area contributed by atoms with Crippen molar-refractivity contribution in [3.05, 3.63) is 0 Å². The maximum atomic E-state index is 10.4. The number of nitrogens with zero attached hydrogens (tertiary/aromatic N) is 2. The lowest BCUT2D eigenvalue weighted by molar-refractivity contribution is -0.123. The zero-order chi connectivity index (χ0) is 8.91. The van der Waals surface area contributed by atoms with E-state index in [1.807, 2.05) is 5.32 Å². The maximum absolute atomic E-state index is 10.4. The highest BCUT2D eigenvalue weighted by molar-refractivity contribution is 5.74. The van der Waals surface area contributed by atoms with Gasteiger partial charge in [-0.2, -0.15) is 10.5 Å². The SMILES string of the molecule is CC(=O)NC(O)(C#N)CC#N. The minimum Gasteiger partial charge on any atom is -0.358 e. The number of aliphatic hydroxyl groups is 1. The standard InChI is InChI=1S/C6H7N3O2/c1-5(10)9-6(11,4-8)2-3-7/h11H,2H2,1H3,(H,9,10). The minimum absolute atomic E-state index is 0.441. The molecule has 5 heteroatoms. The molecule has 0 aromatic carbocycles. The predicted molar refractivity (Wildman–Crippen MR) is 34.6 cm³/mol. The summed E-state index contributed by atoms with van der Waals surface area (Å²) in [6, 6.07) is 2.99. The van der Waals surface area contributed by atoms with Crippen LogP contribution < -0.4 is 5.32 Å². The first-order valence-corrected chi connectivity index (χ1v) is 2.83. The molecule has 0 bridgehead atoms. The van der Waals surface area contributed by atoms with Crippen LogP contribution in [0.3, 0.4) is 0 Å². The highest BCUT2D eigenvalue weighted by Crippen LogP contribution is 2.02. The summed E-state index contributed by atoms with van der Waals surface area (Å²) in [5.74, 6) is -0.552. The van der Waals surface area contributed by atoms with E-state index in [1.54, 1.807) is 6.07 Å². The first kappa shape index (κ1) is 9.41. The Bertz CT molecular complexity index is 237. The van der Waals surface area contributed by atoms with E-state index in [0.717, 1.165) is 6.92 Å². The Labute approximate surface area is 63.9 Å². The molecular formula is C6H7N3O2. The molecule has 0 saturated carbocycles. The first-order valence-electron chi connectivity index (χ1n) is 2.83. The average Bonchev–Trinajstić information content (AvgIpc) is 1.87. The molecule has 1 amide bonds. The van der Waals surface area contributed by atoms with E-state index in [0.29, 0.717) is 0 Å². The molecule has 58 valence electrons. The third kappa shape index (κ3) is 3.19. The van der Waals surface area contributed by atoms with Crippen molar-refractivity contribution in [3.8, 4) is 12.1 Å². The molecular weight excluding hydrogens is 146 g/mol. The van der Waals surface area contributed by atoms with Gasteiger partial charge in [-0.3, -0.25) is 4.79 Å². The fraction of sp³-hybridized carbons (Fsp3) is 0.500. The van der Waals surface area contributed by atoms with Gasteiger partial charge in [-0.15, -0.1) is 0 Å². The van der Waals surface area contributed by atoms with Crippen LogP contribution in [0.15, 0.2) is 0 Å². The number of hydrogen-bond donors (Lipinski definition) is 2. The van der Waals surface area contributed by atoms with E-state index < -0.39 is 18.1 Å². The summed E-state index contributed by atoms with van der Waals surface area (Å²) in [5, 5.41) is 27.4. The number of amides is 1. The summed E-state index contributed by atoms with van der Waals surface area (Å²) in [6.45, 7) is 1.15. The van der Waals surface area contributed by atoms with E-state index in [-0.39, 0.29) is 0 Å². The molecule has 0 fully saturated rings. The molecule has 1 unspecified atom stereocenters. The lowest BCUT2D eigenvalue weighted by atomic mass is 10.2. The highest BCUT2D eigenvalue weighted by Gasteiger charge is 2.26. The Kier molecular flexibility index (Phi) is 3.03. The molecule has 0 saturated heterocycles. The molecule has 0 spiro atoms. The first-order chi connectivity index (χ1) is 5.04. The second-order valence-electron chi connectivity index (χ2n) is 1.99. The monoisotopic (exact) mass is 153 g/mol. The number of rotatable bonds is 2. The number of carbonyl (C=O) groups is 1. The van der Waals surface area contributed by atoms with Gasteiger partial charge in [0.1, 0.15) is 6.07 Å². The summed E-state index contributed by atoms with van der Waals surface area (Å²) in [7, 11) is 0. The van der Waals surface area contributed by atoms with E-state index in [9.17, 15) is 4.79 Å². The van der Waals surface area contributed by atoms with Crippen molar-refractivity contribution in [2.75, 3.05) is 0 Å². The Hall–Kier alpha value is -1.59. The summed E-state index contributed by atoms with van der Waals surface area (Å²) < 4.78 is 0. The molecule has 2 N–H and O–H groups in total. The zero-order valence-corrected chi connectivity index (χ0v) is 5.96. The Balaban J connectivity index is 4.27. The van der Waals surface area contributed by atoms with Crippen LogP contribution in [0.25, 0.3) is 0 Å². The van der Waals surface area contributed by atoms with Gasteiger partial charge in [0.15, 0.2) is 0 Å². The summed E-state index contributed by atoms with van der Waals surface area (Å²) in [5.41, 5.74) is -2.04. The second-order valence-corrected chi connectivity index (χ2v) is 1.99. The van der Waals surface area contributed by atoms with Gasteiger partial charge in [0.25, 0.3) is 0 Å². The molecule has 0 aliphatic carbocycles. The summed E-state index contributed by atoms with van der Waals surface area (Å²) in [6.07, 6.45) is -0.441. The van der Waals surface area contributed by atoms with Crippen LogP contribution in [0.1, 0.15) is 13.3 Å². The molecule has 0 rings (SSSR count). The number of nitriles is 2. The van der Waals surface area contributed by atoms with Gasteiger partial charge in [0.05, 0.1) is 12.5 Å². The topological polar surface area (TPSA) is 96.9 Å². The summed E-state index contributed by atoms with van der Waals surface area (Å²) in [4.78, 5) is 10.4. The van der Waals surface area contributed by atoms with Gasteiger partial charge < -0.3 is 10.4 Å². The molecule has 0 heterocycles. The van der Waals surface area contributed by atoms with Gasteiger partial charge in [-0.05, 0) is 0 Å². The zero-order valence-electron chi connectivity index (χ0n) is 5.96. The van der Waals surface area contributed by atoms with Gasteiger partial charge in [-0.1, -0.05) is 0 Å². The fourth-order valence-electron chi connectivity index (χ4n) is 0.517. The van der Waals surface area contributed by atoms with Crippen molar-refractivity contribution >= 4 is 5.91 Å². The van der Waals surface area contributed by atoms with E-state index in [2.05, 4.69) is 0 Å². The summed E-state index contributed by atoms with van der Waals surface area (Å²) >= 11 is 0. The van der Waals surface area contributed by atoms with Crippen molar-refractivity contribution in [2.24, 2.45) is 0 Å². The third-order valence-corrected chi connectivity index (χ3v) is 0.903. The van der Waals surface area contributed by atoms with E-state index in [4.69, 9.17) is 15.6 Å². The smallest absolute Gasteiger partial charge is 0.241 e. The largest absolute Gasteiger partial charge is 0.358 e. The Morgan fingerprint density at radius 3 is 2.55 bits per heavy atom. The molecule has 1 atom stereocenters. The maximum Gasteiger partial charge on any atom is 0.241 e. The van der Waals surface area contributed by atoms with Gasteiger partial charge in [0.2, 0.25) is 11.6 Å². The lowest BCUT2D eigenvalue weighted by Gasteiger charge is -2.16. The third-order valence-electron chi connectivity index (χ3n) is 0.903. The van der Waals surface area contributed by atoms with Gasteiger partial charge in [-0.25, -0.2) is 0 Å². The Morgan fingerprint density at radius 2 is 2.27 bits per heavy atom. The van der Waals surface area contributed by atoms with Crippen molar-refractivity contribution in [2.45, 2.75) is 19.1 Å². The lowest BCUT2D eigenvalue weighted by Crippen LogP contribution is -2.46. The van der Waals surface area contributed by atoms with Crippen LogP contribution in [0.5, 0.6) is 0 Å². The average molecular weight is 153 g/mol. The normalized spacial score (nSPS) is 13.8. The minimum atomic E-state index is -2.04. The molecule has 0 aliphatic rings. The predicted octanol–water partition coefficient (Wildman–Crippen LogP) is -0.752. The van der Waals surface area contributed by atoms with Crippen molar-refractivity contribution in [1.29, 1.82) is 10.5 Å². The molecule has 5 nitrogen and oxygen atoms in total. The van der Waals surface area contributed by atoms with Crippen LogP contribution in [0.2, 0.25) is 0 Å². The fourth-order valence-corrected chi connectivity index (χ4v) is 0.517. The number of carbonyl (C=O) groups excluding carboxylic acids is 1. The van der Waals surface area contributed by atoms with E-state index in [1.165, 1.54) is 6.07 Å². The number of hydrogen-bond acceptors (Lipinski definition) is 4. The van der Waals surface area contributed by atoms with E-state index >= 15 is 0 Å².